The maximum Gasteiger partial charge on any atom is 0.317 e. The third-order valence-electron chi connectivity index (χ3n) is 5.68. The molecule has 1 heterocycles. The van der Waals surface area contributed by atoms with Gasteiger partial charge in [-0.15, -0.1) is 12.4 Å². The molecule has 36 heavy (non-hydrogen) atoms. The van der Waals surface area contributed by atoms with E-state index in [0.29, 0.717) is 30.4 Å². The van der Waals surface area contributed by atoms with Gasteiger partial charge in [-0.3, -0.25) is 9.69 Å². The summed E-state index contributed by atoms with van der Waals surface area (Å²) in [5.41, 5.74) is 5.57. The summed E-state index contributed by atoms with van der Waals surface area (Å²) >= 11 is 0. The van der Waals surface area contributed by atoms with E-state index < -0.39 is 5.97 Å². The number of hydrogen-bond donors (Lipinski definition) is 1. The highest BCUT2D eigenvalue weighted by molar-refractivity contribution is 5.85. The molecule has 0 saturated carbocycles. The smallest absolute Gasteiger partial charge is 0.317 e. The highest BCUT2D eigenvalue weighted by atomic mass is 35.5. The van der Waals surface area contributed by atoms with E-state index in [0.717, 1.165) is 33.4 Å². The SMILES string of the molecule is COCc1cc(-c2nc(-c3cccc(CN(C)CC(=O)O)c3)no2)ccc1-c1cccc(F)c1C.Cl. The molecule has 0 amide bonds. The third kappa shape index (κ3) is 6.15. The van der Waals surface area contributed by atoms with Crippen molar-refractivity contribution in [1.82, 2.24) is 15.0 Å². The zero-order valence-corrected chi connectivity index (χ0v) is 21.0. The van der Waals surface area contributed by atoms with Crippen LogP contribution in [0.15, 0.2) is 65.2 Å². The summed E-state index contributed by atoms with van der Waals surface area (Å²) in [6.07, 6.45) is 0. The van der Waals surface area contributed by atoms with Gasteiger partial charge < -0.3 is 14.4 Å². The fraction of sp³-hybridized carbons (Fsp3) is 0.222. The minimum Gasteiger partial charge on any atom is -0.480 e. The molecule has 0 unspecified atom stereocenters. The van der Waals surface area contributed by atoms with Gasteiger partial charge in [0.05, 0.1) is 13.2 Å². The molecule has 0 bridgehead atoms. The molecule has 4 rings (SSSR count). The molecule has 0 aliphatic heterocycles. The van der Waals surface area contributed by atoms with Crippen molar-refractivity contribution in [1.29, 1.82) is 0 Å². The van der Waals surface area contributed by atoms with Crippen LogP contribution < -0.4 is 0 Å². The van der Waals surface area contributed by atoms with Crippen LogP contribution in [0.3, 0.4) is 0 Å². The lowest BCUT2D eigenvalue weighted by Crippen LogP contribution is -2.25. The van der Waals surface area contributed by atoms with Crippen molar-refractivity contribution in [3.63, 3.8) is 0 Å². The molecule has 188 valence electrons. The number of aromatic nitrogens is 2. The van der Waals surface area contributed by atoms with Crippen LogP contribution >= 0.6 is 12.4 Å². The average molecular weight is 512 g/mol. The summed E-state index contributed by atoms with van der Waals surface area (Å²) in [6, 6.07) is 18.3. The van der Waals surface area contributed by atoms with E-state index in [1.54, 1.807) is 32.0 Å². The fourth-order valence-corrected chi connectivity index (χ4v) is 4.03. The van der Waals surface area contributed by atoms with Crippen LogP contribution in [-0.2, 0) is 22.7 Å². The minimum absolute atomic E-state index is 0. The van der Waals surface area contributed by atoms with Crippen LogP contribution in [0.4, 0.5) is 4.39 Å². The zero-order valence-electron chi connectivity index (χ0n) is 20.2. The number of methoxy groups -OCH3 is 1. The van der Waals surface area contributed by atoms with E-state index in [2.05, 4.69) is 10.1 Å². The standard InChI is InChI=1S/C27H26FN3O4.ClH/c1-17-22(8-5-9-24(17)28)23-11-10-20(13-21(23)16-34-3)27-29-26(30-35-27)19-7-4-6-18(12-19)14-31(2)15-25(32)33;/h4-13H,14-16H2,1-3H3,(H,32,33);1H. The molecule has 7 nitrogen and oxygen atoms in total. The van der Waals surface area contributed by atoms with E-state index in [9.17, 15) is 9.18 Å². The molecule has 3 aromatic carbocycles. The van der Waals surface area contributed by atoms with E-state index in [1.165, 1.54) is 6.07 Å². The molecular weight excluding hydrogens is 485 g/mol. The second kappa shape index (κ2) is 11.9. The normalized spacial score (nSPS) is 10.9. The fourth-order valence-electron chi connectivity index (χ4n) is 4.03. The molecule has 0 aliphatic carbocycles. The molecule has 0 saturated heterocycles. The van der Waals surface area contributed by atoms with Crippen molar-refractivity contribution in [3.05, 3.63) is 83.2 Å². The average Bonchev–Trinajstić information content (AvgIpc) is 3.31. The lowest BCUT2D eigenvalue weighted by Gasteiger charge is -2.14. The Labute approximate surface area is 214 Å². The van der Waals surface area contributed by atoms with Gasteiger partial charge in [0, 0.05) is 24.8 Å². The maximum atomic E-state index is 14.2. The van der Waals surface area contributed by atoms with Crippen molar-refractivity contribution < 1.29 is 23.6 Å². The van der Waals surface area contributed by atoms with E-state index in [4.69, 9.17) is 14.4 Å². The van der Waals surface area contributed by atoms with E-state index in [-0.39, 0.29) is 24.8 Å². The Morgan fingerprint density at radius 2 is 1.86 bits per heavy atom. The number of carbonyl (C=O) groups is 1. The van der Waals surface area contributed by atoms with Gasteiger partial charge in [0.1, 0.15) is 5.82 Å². The number of halogens is 2. The molecule has 4 aromatic rings. The topological polar surface area (TPSA) is 88.7 Å². The Hall–Kier alpha value is -3.59. The Morgan fingerprint density at radius 1 is 1.08 bits per heavy atom. The molecule has 0 aliphatic rings. The Bertz CT molecular complexity index is 1360. The number of ether oxygens (including phenoxy) is 1. The van der Waals surface area contributed by atoms with Gasteiger partial charge in [-0.25, -0.2) is 4.39 Å². The van der Waals surface area contributed by atoms with Crippen LogP contribution in [0.1, 0.15) is 16.7 Å². The maximum absolute atomic E-state index is 14.2. The molecule has 0 spiro atoms. The summed E-state index contributed by atoms with van der Waals surface area (Å²) in [5.74, 6) is -0.347. The van der Waals surface area contributed by atoms with Crippen LogP contribution in [0.25, 0.3) is 34.0 Å². The monoisotopic (exact) mass is 511 g/mol. The number of rotatable bonds is 9. The highest BCUT2D eigenvalue weighted by Gasteiger charge is 2.16. The van der Waals surface area contributed by atoms with Gasteiger partial charge in [-0.05, 0) is 66.1 Å². The molecular formula is C27H27ClFN3O4. The minimum atomic E-state index is -0.877. The quantitative estimate of drug-likeness (QED) is 0.313. The van der Waals surface area contributed by atoms with Gasteiger partial charge in [0.15, 0.2) is 0 Å². The molecule has 1 aromatic heterocycles. The summed E-state index contributed by atoms with van der Waals surface area (Å²) < 4.78 is 25.1. The van der Waals surface area contributed by atoms with Crippen molar-refractivity contribution in [2.75, 3.05) is 20.7 Å². The van der Waals surface area contributed by atoms with Crippen molar-refractivity contribution in [3.8, 4) is 34.0 Å². The number of benzene rings is 3. The van der Waals surface area contributed by atoms with Gasteiger partial charge in [0.25, 0.3) is 5.89 Å². The first kappa shape index (κ1) is 27.0. The number of aliphatic carboxylic acids is 1. The van der Waals surface area contributed by atoms with Gasteiger partial charge in [-0.1, -0.05) is 41.6 Å². The number of nitrogens with zero attached hydrogens (tertiary/aromatic N) is 3. The Kier molecular flexibility index (Phi) is 8.93. The number of carboxylic acid groups (broad SMARTS) is 1. The molecule has 0 fully saturated rings. The molecule has 9 heteroatoms. The van der Waals surface area contributed by atoms with Crippen LogP contribution in [0.2, 0.25) is 0 Å². The summed E-state index contributed by atoms with van der Waals surface area (Å²) in [4.78, 5) is 17.2. The van der Waals surface area contributed by atoms with E-state index in [1.807, 2.05) is 48.5 Å². The van der Waals surface area contributed by atoms with Crippen molar-refractivity contribution in [2.45, 2.75) is 20.1 Å². The second-order valence-corrected chi connectivity index (χ2v) is 8.41. The first-order valence-corrected chi connectivity index (χ1v) is 11.1. The summed E-state index contributed by atoms with van der Waals surface area (Å²) in [6.45, 7) is 2.52. The second-order valence-electron chi connectivity index (χ2n) is 8.41. The summed E-state index contributed by atoms with van der Waals surface area (Å²) in [7, 11) is 3.36. The Morgan fingerprint density at radius 3 is 2.61 bits per heavy atom. The lowest BCUT2D eigenvalue weighted by atomic mass is 9.94. The lowest BCUT2D eigenvalue weighted by molar-refractivity contribution is -0.138. The van der Waals surface area contributed by atoms with Crippen LogP contribution in [0.5, 0.6) is 0 Å². The third-order valence-corrected chi connectivity index (χ3v) is 5.68. The van der Waals surface area contributed by atoms with Gasteiger partial charge in [-0.2, -0.15) is 4.98 Å². The number of likely N-dealkylation sites (N-methyl/N-ethyl adjacent to an activating group) is 1. The van der Waals surface area contributed by atoms with Gasteiger partial charge >= 0.3 is 5.97 Å². The number of hydrogen-bond acceptors (Lipinski definition) is 6. The van der Waals surface area contributed by atoms with Crippen molar-refractivity contribution >= 4 is 18.4 Å². The first-order chi connectivity index (χ1) is 16.9. The highest BCUT2D eigenvalue weighted by Crippen LogP contribution is 2.32. The van der Waals surface area contributed by atoms with Crippen molar-refractivity contribution in [2.24, 2.45) is 0 Å². The van der Waals surface area contributed by atoms with Crippen LogP contribution in [-0.4, -0.2) is 46.8 Å². The number of carboxylic acids is 1. The Balaban J connectivity index is 0.00000361. The molecule has 0 radical (unpaired) electrons. The predicted molar refractivity (Wildman–Crippen MR) is 137 cm³/mol. The largest absolute Gasteiger partial charge is 0.480 e. The molecule has 0 atom stereocenters. The summed E-state index contributed by atoms with van der Waals surface area (Å²) in [5, 5.41) is 13.1. The van der Waals surface area contributed by atoms with Gasteiger partial charge in [0.2, 0.25) is 5.82 Å². The zero-order chi connectivity index (χ0) is 24.9. The predicted octanol–water partition coefficient (Wildman–Crippen LogP) is 5.60. The van der Waals surface area contributed by atoms with E-state index >= 15 is 0 Å². The first-order valence-electron chi connectivity index (χ1n) is 11.1. The van der Waals surface area contributed by atoms with Crippen LogP contribution in [0, 0.1) is 12.7 Å². The molecule has 1 N–H and O–H groups in total.